The number of benzene rings is 2. The molecule has 1 aliphatic rings. The number of nitrogens with zero attached hydrogens (tertiary/aromatic N) is 5. The summed E-state index contributed by atoms with van der Waals surface area (Å²) in [6.45, 7) is 3.04. The van der Waals surface area contributed by atoms with E-state index in [1.54, 1.807) is 12.1 Å². The predicted molar refractivity (Wildman–Crippen MR) is 95.1 cm³/mol. The van der Waals surface area contributed by atoms with E-state index in [0.29, 0.717) is 11.5 Å². The van der Waals surface area contributed by atoms with Gasteiger partial charge in [0.05, 0.1) is 11.0 Å². The van der Waals surface area contributed by atoms with E-state index in [1.807, 2.05) is 24.3 Å². The Balaban J connectivity index is 1.57. The summed E-state index contributed by atoms with van der Waals surface area (Å²) >= 11 is 0. The van der Waals surface area contributed by atoms with E-state index in [9.17, 15) is 9.65 Å². The van der Waals surface area contributed by atoms with Gasteiger partial charge in [0.1, 0.15) is 11.9 Å². The quantitative estimate of drug-likeness (QED) is 0.722. The molecule has 1 aromatic heterocycles. The molecule has 0 aliphatic carbocycles. The zero-order chi connectivity index (χ0) is 17.2. The van der Waals surface area contributed by atoms with Crippen LogP contribution in [0.15, 0.2) is 48.5 Å². The van der Waals surface area contributed by atoms with Crippen LogP contribution in [0.1, 0.15) is 5.69 Å². The first-order chi connectivity index (χ1) is 12.2. The standard InChI is InChI=1S/C19H16FN5/c20-14-5-7-15(8-6-14)24-9-11-25(12-10-24)19-18(13-21)22-16-3-1-2-4-17(16)23-19/h1-8H,9-12H2. The van der Waals surface area contributed by atoms with Gasteiger partial charge in [-0.2, -0.15) is 5.26 Å². The summed E-state index contributed by atoms with van der Waals surface area (Å²) in [5.74, 6) is 0.410. The van der Waals surface area contributed by atoms with Crippen molar-refractivity contribution in [2.75, 3.05) is 36.0 Å². The lowest BCUT2D eigenvalue weighted by molar-refractivity contribution is 0.624. The second kappa shape index (κ2) is 6.36. The average Bonchev–Trinajstić information content (AvgIpc) is 2.67. The second-order valence-electron chi connectivity index (χ2n) is 5.95. The molecule has 6 heteroatoms. The number of hydrogen-bond donors (Lipinski definition) is 0. The zero-order valence-corrected chi connectivity index (χ0v) is 13.6. The van der Waals surface area contributed by atoms with Gasteiger partial charge >= 0.3 is 0 Å². The number of rotatable bonds is 2. The van der Waals surface area contributed by atoms with Crippen LogP contribution < -0.4 is 9.80 Å². The van der Waals surface area contributed by atoms with E-state index in [4.69, 9.17) is 0 Å². The topological polar surface area (TPSA) is 56.1 Å². The molecular weight excluding hydrogens is 317 g/mol. The molecule has 0 saturated carbocycles. The van der Waals surface area contributed by atoms with Gasteiger partial charge in [0.25, 0.3) is 0 Å². The Kier molecular flexibility index (Phi) is 3.90. The first-order valence-electron chi connectivity index (χ1n) is 8.17. The Bertz CT molecular complexity index is 940. The lowest BCUT2D eigenvalue weighted by atomic mass is 10.2. The lowest BCUT2D eigenvalue weighted by Gasteiger charge is -2.36. The maximum absolute atomic E-state index is 13.1. The highest BCUT2D eigenvalue weighted by Crippen LogP contribution is 2.23. The summed E-state index contributed by atoms with van der Waals surface area (Å²) < 4.78 is 13.1. The molecule has 3 aromatic rings. The minimum atomic E-state index is -0.229. The van der Waals surface area contributed by atoms with Crippen LogP contribution >= 0.6 is 0 Å². The molecule has 5 nitrogen and oxygen atoms in total. The van der Waals surface area contributed by atoms with Gasteiger partial charge in [-0.05, 0) is 36.4 Å². The van der Waals surface area contributed by atoms with Gasteiger partial charge in [-0.1, -0.05) is 12.1 Å². The summed E-state index contributed by atoms with van der Waals surface area (Å²) in [7, 11) is 0. The van der Waals surface area contributed by atoms with E-state index in [2.05, 4.69) is 25.8 Å². The summed E-state index contributed by atoms with van der Waals surface area (Å²) in [5, 5.41) is 9.44. The molecule has 0 spiro atoms. The van der Waals surface area contributed by atoms with Crippen LogP contribution in [0.3, 0.4) is 0 Å². The summed E-state index contributed by atoms with van der Waals surface area (Å²) in [6, 6.07) is 16.3. The van der Waals surface area contributed by atoms with E-state index < -0.39 is 0 Å². The van der Waals surface area contributed by atoms with Crippen molar-refractivity contribution in [1.82, 2.24) is 9.97 Å². The van der Waals surface area contributed by atoms with Crippen LogP contribution in [0.25, 0.3) is 11.0 Å². The molecule has 2 aromatic carbocycles. The van der Waals surface area contributed by atoms with Gasteiger partial charge in [0, 0.05) is 31.9 Å². The molecule has 1 saturated heterocycles. The number of aromatic nitrogens is 2. The van der Waals surface area contributed by atoms with Crippen molar-refractivity contribution < 1.29 is 4.39 Å². The van der Waals surface area contributed by atoms with Crippen LogP contribution in [-0.4, -0.2) is 36.1 Å². The van der Waals surface area contributed by atoms with Crippen LogP contribution in [-0.2, 0) is 0 Å². The number of nitriles is 1. The molecule has 124 valence electrons. The summed E-state index contributed by atoms with van der Waals surface area (Å²) in [6.07, 6.45) is 0. The highest BCUT2D eigenvalue weighted by Gasteiger charge is 2.22. The Labute approximate surface area is 145 Å². The minimum absolute atomic E-state index is 0.229. The fourth-order valence-electron chi connectivity index (χ4n) is 3.11. The average molecular weight is 333 g/mol. The third-order valence-corrected chi connectivity index (χ3v) is 4.43. The highest BCUT2D eigenvalue weighted by atomic mass is 19.1. The van der Waals surface area contributed by atoms with Gasteiger partial charge < -0.3 is 9.80 Å². The molecule has 0 amide bonds. The third-order valence-electron chi connectivity index (χ3n) is 4.43. The molecule has 25 heavy (non-hydrogen) atoms. The number of hydrogen-bond acceptors (Lipinski definition) is 5. The molecule has 2 heterocycles. The van der Waals surface area contributed by atoms with Crippen LogP contribution in [0.2, 0.25) is 0 Å². The van der Waals surface area contributed by atoms with E-state index in [0.717, 1.165) is 42.9 Å². The molecule has 1 aliphatic heterocycles. The van der Waals surface area contributed by atoms with Crippen molar-refractivity contribution in [2.24, 2.45) is 0 Å². The van der Waals surface area contributed by atoms with Crippen molar-refractivity contribution in [3.8, 4) is 6.07 Å². The maximum atomic E-state index is 13.1. The number of piperazine rings is 1. The fraction of sp³-hybridized carbons (Fsp3) is 0.211. The Hall–Kier alpha value is -3.20. The molecule has 0 bridgehead atoms. The van der Waals surface area contributed by atoms with Gasteiger partial charge in [-0.3, -0.25) is 0 Å². The molecular formula is C19H16FN5. The largest absolute Gasteiger partial charge is 0.368 e. The molecule has 0 atom stereocenters. The van der Waals surface area contributed by atoms with Crippen molar-refractivity contribution in [3.63, 3.8) is 0 Å². The number of halogens is 1. The first-order valence-corrected chi connectivity index (χ1v) is 8.17. The SMILES string of the molecule is N#Cc1nc2ccccc2nc1N1CCN(c2ccc(F)cc2)CC1. The molecule has 4 rings (SSSR count). The van der Waals surface area contributed by atoms with Crippen molar-refractivity contribution >= 4 is 22.5 Å². The smallest absolute Gasteiger partial charge is 0.183 e. The van der Waals surface area contributed by atoms with Crippen molar-refractivity contribution in [1.29, 1.82) is 5.26 Å². The molecule has 0 N–H and O–H groups in total. The van der Waals surface area contributed by atoms with Gasteiger partial charge in [-0.25, -0.2) is 14.4 Å². The molecule has 0 radical (unpaired) electrons. The van der Waals surface area contributed by atoms with Gasteiger partial charge in [0.15, 0.2) is 11.5 Å². The van der Waals surface area contributed by atoms with E-state index in [-0.39, 0.29) is 5.82 Å². The van der Waals surface area contributed by atoms with Crippen LogP contribution in [0.5, 0.6) is 0 Å². The van der Waals surface area contributed by atoms with Crippen LogP contribution in [0.4, 0.5) is 15.9 Å². The predicted octanol–water partition coefficient (Wildman–Crippen LogP) is 2.97. The Morgan fingerprint density at radius 2 is 1.44 bits per heavy atom. The summed E-state index contributed by atoms with van der Waals surface area (Å²) in [5.41, 5.74) is 2.88. The van der Waals surface area contributed by atoms with E-state index in [1.165, 1.54) is 12.1 Å². The zero-order valence-electron chi connectivity index (χ0n) is 13.6. The Morgan fingerprint density at radius 3 is 2.08 bits per heavy atom. The Morgan fingerprint density at radius 1 is 0.840 bits per heavy atom. The van der Waals surface area contributed by atoms with Crippen LogP contribution in [0, 0.1) is 17.1 Å². The third kappa shape index (κ3) is 2.96. The number of fused-ring (bicyclic) bond motifs is 1. The van der Waals surface area contributed by atoms with Crippen molar-refractivity contribution in [3.05, 3.63) is 60.0 Å². The highest BCUT2D eigenvalue weighted by molar-refractivity contribution is 5.77. The molecule has 1 fully saturated rings. The normalized spacial score (nSPS) is 14.6. The monoisotopic (exact) mass is 333 g/mol. The molecule has 0 unspecified atom stereocenters. The van der Waals surface area contributed by atoms with Gasteiger partial charge in [-0.15, -0.1) is 0 Å². The maximum Gasteiger partial charge on any atom is 0.183 e. The fourth-order valence-corrected chi connectivity index (χ4v) is 3.11. The van der Waals surface area contributed by atoms with Crippen molar-refractivity contribution in [2.45, 2.75) is 0 Å². The van der Waals surface area contributed by atoms with E-state index >= 15 is 0 Å². The number of para-hydroxylation sites is 2. The van der Waals surface area contributed by atoms with Gasteiger partial charge in [0.2, 0.25) is 0 Å². The minimum Gasteiger partial charge on any atom is -0.368 e. The first kappa shape index (κ1) is 15.3. The lowest BCUT2D eigenvalue weighted by Crippen LogP contribution is -2.47. The second-order valence-corrected chi connectivity index (χ2v) is 5.95. The number of anilines is 2. The summed E-state index contributed by atoms with van der Waals surface area (Å²) in [4.78, 5) is 13.4.